The predicted octanol–water partition coefficient (Wildman–Crippen LogP) is -0.592. The Kier molecular flexibility index (Phi) is 6.16. The summed E-state index contributed by atoms with van der Waals surface area (Å²) in [6.45, 7) is 0.350. The maximum Gasteiger partial charge on any atom is 0.358 e. The third-order valence-electron chi connectivity index (χ3n) is 2.33. The molecule has 116 valence electrons. The summed E-state index contributed by atoms with van der Waals surface area (Å²) in [5.41, 5.74) is 5.49. The molecule has 5 N–H and O–H groups in total. The number of anilines is 1. The molecule has 10 heteroatoms. The molecule has 0 bridgehead atoms. The van der Waals surface area contributed by atoms with Crippen molar-refractivity contribution in [2.24, 2.45) is 5.16 Å². The highest BCUT2D eigenvalue weighted by Gasteiger charge is 2.22. The SMILES string of the molecule is CO/N=C/OCCNC(=O)c1ccc(N)c(P(=O)(O)O)c1. The molecule has 21 heavy (non-hydrogen) atoms. The van der Waals surface area contributed by atoms with Gasteiger partial charge in [0.05, 0.1) is 11.8 Å². The summed E-state index contributed by atoms with van der Waals surface area (Å²) in [5, 5.41) is 5.47. The molecule has 0 unspecified atom stereocenters. The minimum atomic E-state index is -4.53. The standard InChI is InChI=1S/C11H16N3O6P/c1-19-14-7-20-5-4-13-11(15)8-2-3-9(12)10(6-8)21(16,17)18/h2-3,6-7H,4-5,12H2,1H3,(H,13,15)(H2,16,17,18)/b14-7+. The Hall–Kier alpha value is -2.09. The van der Waals surface area contributed by atoms with Crippen LogP contribution in [0.15, 0.2) is 23.4 Å². The van der Waals surface area contributed by atoms with Crippen LogP contribution in [0.3, 0.4) is 0 Å². The van der Waals surface area contributed by atoms with Gasteiger partial charge < -0.3 is 30.4 Å². The number of rotatable bonds is 7. The van der Waals surface area contributed by atoms with Crippen molar-refractivity contribution in [3.63, 3.8) is 0 Å². The minimum Gasteiger partial charge on any atom is -0.479 e. The smallest absolute Gasteiger partial charge is 0.358 e. The van der Waals surface area contributed by atoms with Crippen LogP contribution in [0.4, 0.5) is 5.69 Å². The van der Waals surface area contributed by atoms with Gasteiger partial charge in [0.25, 0.3) is 5.91 Å². The average molecular weight is 317 g/mol. The van der Waals surface area contributed by atoms with E-state index in [1.165, 1.54) is 19.2 Å². The molecular formula is C11H16N3O6P. The van der Waals surface area contributed by atoms with Gasteiger partial charge in [0.2, 0.25) is 6.40 Å². The highest BCUT2D eigenvalue weighted by molar-refractivity contribution is 7.60. The Morgan fingerprint density at radius 2 is 2.24 bits per heavy atom. The normalized spacial score (nSPS) is 11.4. The molecule has 0 atom stereocenters. The molecule has 0 aromatic heterocycles. The molecule has 0 aliphatic heterocycles. The van der Waals surface area contributed by atoms with E-state index in [4.69, 9.17) is 20.3 Å². The Balaban J connectivity index is 2.63. The molecule has 1 aromatic carbocycles. The third-order valence-corrected chi connectivity index (χ3v) is 3.35. The summed E-state index contributed by atoms with van der Waals surface area (Å²) in [6, 6.07) is 3.71. The van der Waals surface area contributed by atoms with Crippen LogP contribution < -0.4 is 16.4 Å². The molecule has 0 radical (unpaired) electrons. The van der Waals surface area contributed by atoms with Gasteiger partial charge in [-0.1, -0.05) is 5.16 Å². The first-order chi connectivity index (χ1) is 9.86. The van der Waals surface area contributed by atoms with E-state index in [-0.39, 0.29) is 29.7 Å². The van der Waals surface area contributed by atoms with Crippen LogP contribution in [0, 0.1) is 0 Å². The van der Waals surface area contributed by atoms with Gasteiger partial charge in [-0.3, -0.25) is 9.36 Å². The summed E-state index contributed by atoms with van der Waals surface area (Å²) in [5.74, 6) is -0.503. The Bertz CT molecular complexity index is 571. The molecule has 0 aliphatic rings. The van der Waals surface area contributed by atoms with E-state index in [1.807, 2.05) is 0 Å². The zero-order valence-electron chi connectivity index (χ0n) is 11.2. The van der Waals surface area contributed by atoms with Gasteiger partial charge >= 0.3 is 7.60 Å². The molecule has 0 saturated carbocycles. The van der Waals surface area contributed by atoms with Crippen molar-refractivity contribution in [2.45, 2.75) is 0 Å². The summed E-state index contributed by atoms with van der Waals surface area (Å²) in [4.78, 5) is 34.4. The lowest BCUT2D eigenvalue weighted by Crippen LogP contribution is -2.28. The van der Waals surface area contributed by atoms with Crippen LogP contribution in [-0.2, 0) is 14.1 Å². The Morgan fingerprint density at radius 3 is 2.86 bits per heavy atom. The van der Waals surface area contributed by atoms with Crippen molar-refractivity contribution in [3.8, 4) is 0 Å². The molecular weight excluding hydrogens is 301 g/mol. The quantitative estimate of drug-likeness (QED) is 0.131. The van der Waals surface area contributed by atoms with Gasteiger partial charge in [-0.15, -0.1) is 0 Å². The average Bonchev–Trinajstić information content (AvgIpc) is 2.41. The lowest BCUT2D eigenvalue weighted by Gasteiger charge is -2.10. The summed E-state index contributed by atoms with van der Waals surface area (Å²) < 4.78 is 16.1. The first-order valence-electron chi connectivity index (χ1n) is 5.76. The van der Waals surface area contributed by atoms with E-state index in [2.05, 4.69) is 15.3 Å². The maximum atomic E-state index is 11.8. The van der Waals surface area contributed by atoms with Gasteiger partial charge in [0.15, 0.2) is 0 Å². The predicted molar refractivity (Wildman–Crippen MR) is 76.3 cm³/mol. The number of hydrogen-bond donors (Lipinski definition) is 4. The van der Waals surface area contributed by atoms with Crippen molar-refractivity contribution < 1.29 is 28.7 Å². The fraction of sp³-hybridized carbons (Fsp3) is 0.273. The lowest BCUT2D eigenvalue weighted by atomic mass is 10.2. The van der Waals surface area contributed by atoms with Crippen molar-refractivity contribution in [1.29, 1.82) is 0 Å². The molecule has 0 saturated heterocycles. The fourth-order valence-electron chi connectivity index (χ4n) is 1.39. The van der Waals surface area contributed by atoms with Gasteiger partial charge in [-0.2, -0.15) is 0 Å². The highest BCUT2D eigenvalue weighted by atomic mass is 31.2. The molecule has 1 rings (SSSR count). The second kappa shape index (κ2) is 7.63. The fourth-order valence-corrected chi connectivity index (χ4v) is 2.11. The van der Waals surface area contributed by atoms with Crippen LogP contribution in [0.2, 0.25) is 0 Å². The van der Waals surface area contributed by atoms with Crippen LogP contribution in [-0.4, -0.2) is 42.4 Å². The number of nitrogen functional groups attached to an aromatic ring is 1. The van der Waals surface area contributed by atoms with Crippen LogP contribution in [0.25, 0.3) is 0 Å². The minimum absolute atomic E-state index is 0.0704. The number of nitrogens with one attached hydrogen (secondary N) is 1. The zero-order valence-corrected chi connectivity index (χ0v) is 12.1. The van der Waals surface area contributed by atoms with E-state index >= 15 is 0 Å². The summed E-state index contributed by atoms with van der Waals surface area (Å²) >= 11 is 0. The molecule has 0 spiro atoms. The Morgan fingerprint density at radius 1 is 1.52 bits per heavy atom. The highest BCUT2D eigenvalue weighted by Crippen LogP contribution is 2.35. The second-order valence-corrected chi connectivity index (χ2v) is 5.41. The molecule has 1 amide bonds. The number of carbonyl (C=O) groups excluding carboxylic acids is 1. The van der Waals surface area contributed by atoms with Crippen molar-refractivity contribution in [2.75, 3.05) is 26.0 Å². The zero-order chi connectivity index (χ0) is 15.9. The number of amides is 1. The first-order valence-corrected chi connectivity index (χ1v) is 7.38. The van der Waals surface area contributed by atoms with E-state index < -0.39 is 13.5 Å². The van der Waals surface area contributed by atoms with Crippen molar-refractivity contribution in [1.82, 2.24) is 5.32 Å². The van der Waals surface area contributed by atoms with E-state index in [0.29, 0.717) is 0 Å². The molecule has 0 heterocycles. The van der Waals surface area contributed by atoms with Gasteiger partial charge in [0.1, 0.15) is 13.7 Å². The Labute approximate surface area is 120 Å². The van der Waals surface area contributed by atoms with Crippen molar-refractivity contribution in [3.05, 3.63) is 23.8 Å². The number of benzene rings is 1. The first kappa shape index (κ1) is 17.0. The van der Waals surface area contributed by atoms with E-state index in [0.717, 1.165) is 12.5 Å². The summed E-state index contributed by atoms with van der Waals surface area (Å²) in [6.07, 6.45) is 1.08. The lowest BCUT2D eigenvalue weighted by molar-refractivity contribution is 0.0946. The van der Waals surface area contributed by atoms with Gasteiger partial charge in [-0.05, 0) is 18.2 Å². The number of carbonyl (C=O) groups is 1. The molecule has 1 aromatic rings. The van der Waals surface area contributed by atoms with Crippen LogP contribution in [0.5, 0.6) is 0 Å². The number of ether oxygens (including phenoxy) is 1. The van der Waals surface area contributed by atoms with Gasteiger partial charge in [0, 0.05) is 11.3 Å². The monoisotopic (exact) mass is 317 g/mol. The molecule has 0 aliphatic carbocycles. The van der Waals surface area contributed by atoms with Crippen LogP contribution >= 0.6 is 7.60 Å². The molecule has 9 nitrogen and oxygen atoms in total. The number of oxime groups is 1. The third kappa shape index (κ3) is 5.42. The van der Waals surface area contributed by atoms with Gasteiger partial charge in [-0.25, -0.2) is 0 Å². The number of hydrogen-bond acceptors (Lipinski definition) is 6. The van der Waals surface area contributed by atoms with E-state index in [1.54, 1.807) is 0 Å². The van der Waals surface area contributed by atoms with Crippen LogP contribution in [0.1, 0.15) is 10.4 Å². The molecule has 0 fully saturated rings. The van der Waals surface area contributed by atoms with Crippen molar-refractivity contribution >= 4 is 30.9 Å². The maximum absolute atomic E-state index is 11.8. The van der Waals surface area contributed by atoms with E-state index in [9.17, 15) is 9.36 Å². The topological polar surface area (TPSA) is 143 Å². The largest absolute Gasteiger partial charge is 0.479 e. The summed E-state index contributed by atoms with van der Waals surface area (Å²) in [7, 11) is -3.17. The second-order valence-electron chi connectivity index (χ2n) is 3.84. The number of nitrogens with zero attached hydrogens (tertiary/aromatic N) is 1. The number of nitrogens with two attached hydrogens (primary N) is 1.